The van der Waals surface area contributed by atoms with Crippen molar-refractivity contribution in [3.63, 3.8) is 0 Å². The van der Waals surface area contributed by atoms with Gasteiger partial charge in [0.15, 0.2) is 0 Å². The van der Waals surface area contributed by atoms with E-state index in [9.17, 15) is 8.42 Å². The van der Waals surface area contributed by atoms with Gasteiger partial charge in [0.2, 0.25) is 0 Å². The highest BCUT2D eigenvalue weighted by Gasteiger charge is 2.33. The number of piperazine rings is 1. The lowest BCUT2D eigenvalue weighted by Gasteiger charge is -2.35. The molecule has 0 radical (unpaired) electrons. The van der Waals surface area contributed by atoms with Crippen LogP contribution in [0.1, 0.15) is 25.5 Å². The highest BCUT2D eigenvalue weighted by Crippen LogP contribution is 2.26. The van der Waals surface area contributed by atoms with E-state index < -0.39 is 10.2 Å². The van der Waals surface area contributed by atoms with E-state index in [1.165, 1.54) is 4.31 Å². The van der Waals surface area contributed by atoms with Gasteiger partial charge in [0.05, 0.1) is 6.04 Å². The fraction of sp³-hybridized carbons (Fsp3) is 0.538. The second-order valence-electron chi connectivity index (χ2n) is 5.16. The van der Waals surface area contributed by atoms with Gasteiger partial charge in [-0.3, -0.25) is 0 Å². The first kappa shape index (κ1) is 15.7. The molecule has 1 aromatic rings. The molecule has 1 unspecified atom stereocenters. The van der Waals surface area contributed by atoms with Gasteiger partial charge in [-0.05, 0) is 31.5 Å². The molecule has 0 aliphatic carbocycles. The van der Waals surface area contributed by atoms with Gasteiger partial charge < -0.3 is 5.32 Å². The molecule has 0 aromatic heterocycles. The van der Waals surface area contributed by atoms with Gasteiger partial charge in [0, 0.05) is 30.7 Å². The lowest BCUT2D eigenvalue weighted by molar-refractivity contribution is 0.267. The van der Waals surface area contributed by atoms with E-state index in [0.29, 0.717) is 24.7 Å². The number of halogens is 1. The van der Waals surface area contributed by atoms with Gasteiger partial charge >= 0.3 is 0 Å². The van der Waals surface area contributed by atoms with Crippen molar-refractivity contribution in [2.45, 2.75) is 25.9 Å². The second kappa shape index (κ2) is 6.41. The Labute approximate surface area is 125 Å². The summed E-state index contributed by atoms with van der Waals surface area (Å²) in [5.74, 6) is 0. The van der Waals surface area contributed by atoms with Gasteiger partial charge in [-0.15, -0.1) is 0 Å². The first-order valence-corrected chi connectivity index (χ1v) is 8.47. The second-order valence-corrected chi connectivity index (χ2v) is 7.25. The van der Waals surface area contributed by atoms with Crippen LogP contribution >= 0.6 is 11.6 Å². The van der Waals surface area contributed by atoms with Gasteiger partial charge in [-0.2, -0.15) is 17.4 Å². The third-order valence-corrected chi connectivity index (χ3v) is 5.18. The molecular formula is C13H20ClN3O2S. The summed E-state index contributed by atoms with van der Waals surface area (Å²) in [5.41, 5.74) is 0.902. The van der Waals surface area contributed by atoms with Crippen LogP contribution in [0.5, 0.6) is 0 Å². The lowest BCUT2D eigenvalue weighted by Crippen LogP contribution is -2.53. The smallest absolute Gasteiger partial charge is 0.280 e. The molecule has 0 spiro atoms. The predicted octanol–water partition coefficient (Wildman–Crippen LogP) is 1.53. The number of rotatable bonds is 4. The zero-order valence-electron chi connectivity index (χ0n) is 11.6. The zero-order valence-corrected chi connectivity index (χ0v) is 13.2. The van der Waals surface area contributed by atoms with Crippen molar-refractivity contribution in [3.05, 3.63) is 34.9 Å². The molecule has 1 heterocycles. The summed E-state index contributed by atoms with van der Waals surface area (Å²) in [7, 11) is -3.49. The molecule has 20 heavy (non-hydrogen) atoms. The summed E-state index contributed by atoms with van der Waals surface area (Å²) in [4.78, 5) is 0. The number of nitrogens with zero attached hydrogens (tertiary/aromatic N) is 1. The maximum Gasteiger partial charge on any atom is 0.280 e. The molecule has 0 amide bonds. The molecule has 1 aliphatic rings. The standard InChI is InChI=1S/C13H20ClN3O2S/c1-10(2)16-20(18,19)17-7-6-15-9-13(17)11-4-3-5-12(14)8-11/h3-5,8,10,13,15-16H,6-7,9H2,1-2H3. The zero-order chi connectivity index (χ0) is 14.8. The number of benzene rings is 1. The van der Waals surface area contributed by atoms with Gasteiger partial charge in [-0.1, -0.05) is 23.7 Å². The number of nitrogens with one attached hydrogen (secondary N) is 2. The molecule has 5 nitrogen and oxygen atoms in total. The van der Waals surface area contributed by atoms with Crippen LogP contribution in [-0.4, -0.2) is 38.4 Å². The predicted molar refractivity (Wildman–Crippen MR) is 81.0 cm³/mol. The number of hydrogen-bond donors (Lipinski definition) is 2. The van der Waals surface area contributed by atoms with E-state index in [1.807, 2.05) is 32.0 Å². The summed E-state index contributed by atoms with van der Waals surface area (Å²) in [6.07, 6.45) is 0. The van der Waals surface area contributed by atoms with Crippen LogP contribution in [0.2, 0.25) is 5.02 Å². The lowest BCUT2D eigenvalue weighted by atomic mass is 10.1. The van der Waals surface area contributed by atoms with Crippen LogP contribution in [0.25, 0.3) is 0 Å². The first-order chi connectivity index (χ1) is 9.40. The van der Waals surface area contributed by atoms with Crippen LogP contribution < -0.4 is 10.0 Å². The average Bonchev–Trinajstić information content (AvgIpc) is 2.37. The van der Waals surface area contributed by atoms with Crippen molar-refractivity contribution in [1.29, 1.82) is 0 Å². The summed E-state index contributed by atoms with van der Waals surface area (Å²) in [6.45, 7) is 5.30. The number of hydrogen-bond acceptors (Lipinski definition) is 3. The Hall–Kier alpha value is -0.660. The average molecular weight is 318 g/mol. The van der Waals surface area contributed by atoms with Crippen molar-refractivity contribution >= 4 is 21.8 Å². The Morgan fingerprint density at radius 1 is 1.45 bits per heavy atom. The van der Waals surface area contributed by atoms with E-state index in [4.69, 9.17) is 11.6 Å². The van der Waals surface area contributed by atoms with Crippen molar-refractivity contribution in [2.24, 2.45) is 0 Å². The molecule has 1 atom stereocenters. The molecule has 7 heteroatoms. The van der Waals surface area contributed by atoms with Crippen molar-refractivity contribution in [2.75, 3.05) is 19.6 Å². The molecular weight excluding hydrogens is 298 g/mol. The van der Waals surface area contributed by atoms with E-state index in [-0.39, 0.29) is 12.1 Å². The fourth-order valence-electron chi connectivity index (χ4n) is 2.34. The fourth-order valence-corrected chi connectivity index (χ4v) is 4.13. The minimum Gasteiger partial charge on any atom is -0.313 e. The van der Waals surface area contributed by atoms with Crippen molar-refractivity contribution in [1.82, 2.24) is 14.3 Å². The molecule has 112 valence electrons. The molecule has 1 aromatic carbocycles. The maximum absolute atomic E-state index is 12.4. The Balaban J connectivity index is 2.30. The first-order valence-electron chi connectivity index (χ1n) is 6.65. The molecule has 0 bridgehead atoms. The molecule has 1 saturated heterocycles. The van der Waals surface area contributed by atoms with Crippen molar-refractivity contribution in [3.8, 4) is 0 Å². The van der Waals surface area contributed by atoms with Crippen LogP contribution in [0.4, 0.5) is 0 Å². The molecule has 2 N–H and O–H groups in total. The highest BCUT2D eigenvalue weighted by atomic mass is 35.5. The van der Waals surface area contributed by atoms with E-state index in [0.717, 1.165) is 5.56 Å². The topological polar surface area (TPSA) is 61.4 Å². The Morgan fingerprint density at radius 2 is 2.20 bits per heavy atom. The summed E-state index contributed by atoms with van der Waals surface area (Å²) >= 11 is 6.01. The summed E-state index contributed by atoms with van der Waals surface area (Å²) < 4.78 is 29.0. The van der Waals surface area contributed by atoms with Crippen LogP contribution in [0.15, 0.2) is 24.3 Å². The minimum absolute atomic E-state index is 0.130. The van der Waals surface area contributed by atoms with Crippen LogP contribution in [0, 0.1) is 0 Å². The normalized spacial score (nSPS) is 21.3. The monoisotopic (exact) mass is 317 g/mol. The van der Waals surface area contributed by atoms with Crippen LogP contribution in [-0.2, 0) is 10.2 Å². The Morgan fingerprint density at radius 3 is 2.85 bits per heavy atom. The third-order valence-electron chi connectivity index (χ3n) is 3.12. The van der Waals surface area contributed by atoms with Crippen molar-refractivity contribution < 1.29 is 8.42 Å². The summed E-state index contributed by atoms with van der Waals surface area (Å²) in [5, 5.41) is 3.84. The van der Waals surface area contributed by atoms with E-state index in [2.05, 4.69) is 10.0 Å². The maximum atomic E-state index is 12.4. The Bertz CT molecular complexity index is 562. The Kier molecular flexibility index (Phi) is 5.04. The van der Waals surface area contributed by atoms with Gasteiger partial charge in [0.25, 0.3) is 10.2 Å². The highest BCUT2D eigenvalue weighted by molar-refractivity contribution is 7.87. The van der Waals surface area contributed by atoms with Gasteiger partial charge in [0.1, 0.15) is 0 Å². The summed E-state index contributed by atoms with van der Waals surface area (Å²) in [6, 6.07) is 6.98. The molecule has 0 saturated carbocycles. The van der Waals surface area contributed by atoms with Gasteiger partial charge in [-0.25, -0.2) is 0 Å². The largest absolute Gasteiger partial charge is 0.313 e. The molecule has 2 rings (SSSR count). The quantitative estimate of drug-likeness (QED) is 0.885. The SMILES string of the molecule is CC(C)NS(=O)(=O)N1CCNCC1c1cccc(Cl)c1. The molecule has 1 fully saturated rings. The molecule has 1 aliphatic heterocycles. The van der Waals surface area contributed by atoms with Crippen LogP contribution in [0.3, 0.4) is 0 Å². The van der Waals surface area contributed by atoms with E-state index in [1.54, 1.807) is 6.07 Å². The minimum atomic E-state index is -3.49. The third kappa shape index (κ3) is 3.71. The van der Waals surface area contributed by atoms with E-state index >= 15 is 0 Å².